The number of aryl methyl sites for hydroxylation is 3. The number of nitrogens with one attached hydrogen (secondary N) is 2. The van der Waals surface area contributed by atoms with Crippen molar-refractivity contribution < 1.29 is 4.79 Å². The van der Waals surface area contributed by atoms with E-state index in [1.54, 1.807) is 0 Å². The van der Waals surface area contributed by atoms with E-state index in [2.05, 4.69) is 39.8 Å². The fourth-order valence-electron chi connectivity index (χ4n) is 3.14. The van der Waals surface area contributed by atoms with E-state index in [0.717, 1.165) is 46.6 Å². The third-order valence-corrected chi connectivity index (χ3v) is 4.49. The Hall–Kier alpha value is -2.96. The average molecular weight is 352 g/mol. The van der Waals surface area contributed by atoms with Gasteiger partial charge in [0.1, 0.15) is 0 Å². The van der Waals surface area contributed by atoms with Crippen LogP contribution in [0.5, 0.6) is 0 Å². The number of aromatic nitrogens is 4. The highest BCUT2D eigenvalue weighted by Gasteiger charge is 2.11. The maximum Gasteiger partial charge on any atom is 0.319 e. The van der Waals surface area contributed by atoms with Crippen molar-refractivity contribution in [1.82, 2.24) is 25.3 Å². The first-order chi connectivity index (χ1) is 12.5. The minimum atomic E-state index is -0.231. The molecule has 0 spiro atoms. The first kappa shape index (κ1) is 17.8. The molecular weight excluding hydrogens is 328 g/mol. The van der Waals surface area contributed by atoms with Crippen LogP contribution in [-0.4, -0.2) is 32.6 Å². The molecule has 0 aliphatic rings. The zero-order chi connectivity index (χ0) is 18.7. The molecule has 0 aliphatic carbocycles. The Morgan fingerprint density at radius 1 is 1.19 bits per heavy atom. The van der Waals surface area contributed by atoms with Crippen molar-refractivity contribution in [3.05, 3.63) is 46.9 Å². The number of rotatable bonds is 5. The molecule has 136 valence electrons. The molecule has 2 heterocycles. The number of hydrogen-bond donors (Lipinski definition) is 2. The monoisotopic (exact) mass is 352 g/mol. The summed E-state index contributed by atoms with van der Waals surface area (Å²) in [5.74, 6) is 0. The molecule has 7 heteroatoms. The summed E-state index contributed by atoms with van der Waals surface area (Å²) < 4.78 is 1.99. The van der Waals surface area contributed by atoms with Crippen molar-refractivity contribution in [2.24, 2.45) is 0 Å². The number of carbonyl (C=O) groups excluding carboxylic acids is 1. The second-order valence-corrected chi connectivity index (χ2v) is 6.32. The van der Waals surface area contributed by atoms with Crippen molar-refractivity contribution in [3.63, 3.8) is 0 Å². The van der Waals surface area contributed by atoms with Crippen molar-refractivity contribution in [2.75, 3.05) is 11.9 Å². The molecule has 2 aromatic heterocycles. The van der Waals surface area contributed by atoms with E-state index < -0.39 is 0 Å². The fourth-order valence-corrected chi connectivity index (χ4v) is 3.14. The van der Waals surface area contributed by atoms with Crippen LogP contribution in [0.4, 0.5) is 10.5 Å². The van der Waals surface area contributed by atoms with Gasteiger partial charge < -0.3 is 10.6 Å². The summed E-state index contributed by atoms with van der Waals surface area (Å²) in [6.07, 6.45) is 0.755. The summed E-state index contributed by atoms with van der Waals surface area (Å²) in [6.45, 7) is 9.43. The SMILES string of the molecule is CCn1nc(C)c(CCNC(=O)Nc2cccc3nnc(C)cc23)c1C. The Kier molecular flexibility index (Phi) is 5.16. The fraction of sp³-hybridized carbons (Fsp3) is 0.368. The van der Waals surface area contributed by atoms with Crippen LogP contribution in [0.15, 0.2) is 24.3 Å². The van der Waals surface area contributed by atoms with Gasteiger partial charge in [-0.05, 0) is 57.9 Å². The van der Waals surface area contributed by atoms with Gasteiger partial charge in [0.05, 0.1) is 22.6 Å². The van der Waals surface area contributed by atoms with Gasteiger partial charge in [-0.2, -0.15) is 15.3 Å². The van der Waals surface area contributed by atoms with Crippen LogP contribution in [-0.2, 0) is 13.0 Å². The van der Waals surface area contributed by atoms with Crippen LogP contribution in [0.1, 0.15) is 29.6 Å². The van der Waals surface area contributed by atoms with Crippen molar-refractivity contribution in [2.45, 2.75) is 40.7 Å². The average Bonchev–Trinajstić information content (AvgIpc) is 2.89. The van der Waals surface area contributed by atoms with Crippen LogP contribution in [0, 0.1) is 20.8 Å². The van der Waals surface area contributed by atoms with Crippen molar-refractivity contribution in [1.29, 1.82) is 0 Å². The van der Waals surface area contributed by atoms with Gasteiger partial charge in [0.2, 0.25) is 0 Å². The number of hydrogen-bond acceptors (Lipinski definition) is 4. The van der Waals surface area contributed by atoms with Gasteiger partial charge in [-0.15, -0.1) is 0 Å². The summed E-state index contributed by atoms with van der Waals surface area (Å²) >= 11 is 0. The second kappa shape index (κ2) is 7.51. The van der Waals surface area contributed by atoms with E-state index in [0.29, 0.717) is 6.54 Å². The molecule has 0 bridgehead atoms. The molecule has 0 unspecified atom stereocenters. The Morgan fingerprint density at radius 3 is 2.73 bits per heavy atom. The summed E-state index contributed by atoms with van der Waals surface area (Å²) in [5.41, 5.74) is 5.68. The molecular formula is C19H24N6O. The van der Waals surface area contributed by atoms with Gasteiger partial charge in [-0.3, -0.25) is 4.68 Å². The molecule has 0 aliphatic heterocycles. The number of anilines is 1. The van der Waals surface area contributed by atoms with Crippen LogP contribution in [0.25, 0.3) is 10.9 Å². The number of benzene rings is 1. The van der Waals surface area contributed by atoms with E-state index in [4.69, 9.17) is 0 Å². The van der Waals surface area contributed by atoms with E-state index >= 15 is 0 Å². The van der Waals surface area contributed by atoms with Gasteiger partial charge in [0.25, 0.3) is 0 Å². The molecule has 26 heavy (non-hydrogen) atoms. The Balaban J connectivity index is 1.63. The highest BCUT2D eigenvalue weighted by molar-refractivity contribution is 6.00. The highest BCUT2D eigenvalue weighted by atomic mass is 16.2. The number of amides is 2. The normalized spacial score (nSPS) is 10.9. The Morgan fingerprint density at radius 2 is 2.00 bits per heavy atom. The standard InChI is InChI=1S/C19H24N6O/c1-5-25-14(4)15(13(3)24-25)9-10-20-19(26)21-17-7-6-8-18-16(17)11-12(2)22-23-18/h6-8,11H,5,9-10H2,1-4H3,(H2,20,21,26). The molecule has 2 amide bonds. The van der Waals surface area contributed by atoms with Gasteiger partial charge in [0, 0.05) is 24.2 Å². The largest absolute Gasteiger partial charge is 0.338 e. The van der Waals surface area contributed by atoms with Crippen LogP contribution >= 0.6 is 0 Å². The second-order valence-electron chi connectivity index (χ2n) is 6.32. The van der Waals surface area contributed by atoms with Gasteiger partial charge in [-0.25, -0.2) is 4.79 Å². The first-order valence-electron chi connectivity index (χ1n) is 8.80. The molecule has 0 radical (unpaired) electrons. The maximum atomic E-state index is 12.3. The summed E-state index contributed by atoms with van der Waals surface area (Å²) in [7, 11) is 0. The van der Waals surface area contributed by atoms with Crippen molar-refractivity contribution >= 4 is 22.6 Å². The molecule has 0 fully saturated rings. The number of urea groups is 1. The van der Waals surface area contributed by atoms with Gasteiger partial charge in [-0.1, -0.05) is 6.07 Å². The summed E-state index contributed by atoms with van der Waals surface area (Å²) in [6, 6.07) is 7.28. The lowest BCUT2D eigenvalue weighted by atomic mass is 10.1. The zero-order valence-corrected chi connectivity index (χ0v) is 15.6. The molecule has 0 saturated heterocycles. The number of fused-ring (bicyclic) bond motifs is 1. The van der Waals surface area contributed by atoms with Crippen LogP contribution in [0.2, 0.25) is 0 Å². The minimum absolute atomic E-state index is 0.231. The highest BCUT2D eigenvalue weighted by Crippen LogP contribution is 2.21. The molecule has 0 saturated carbocycles. The van der Waals surface area contributed by atoms with Crippen LogP contribution < -0.4 is 10.6 Å². The smallest absolute Gasteiger partial charge is 0.319 e. The number of carbonyl (C=O) groups is 1. The predicted octanol–water partition coefficient (Wildman–Crippen LogP) is 3.14. The maximum absolute atomic E-state index is 12.3. The molecule has 1 aromatic carbocycles. The van der Waals surface area contributed by atoms with E-state index in [-0.39, 0.29) is 6.03 Å². The third kappa shape index (κ3) is 3.66. The topological polar surface area (TPSA) is 84.7 Å². The van der Waals surface area contributed by atoms with Gasteiger partial charge in [0.15, 0.2) is 0 Å². The van der Waals surface area contributed by atoms with E-state index in [9.17, 15) is 4.79 Å². The molecule has 7 nitrogen and oxygen atoms in total. The Bertz CT molecular complexity index is 947. The van der Waals surface area contributed by atoms with E-state index in [1.807, 2.05) is 42.8 Å². The lowest BCUT2D eigenvalue weighted by molar-refractivity contribution is 0.252. The number of nitrogens with zero attached hydrogens (tertiary/aromatic N) is 4. The predicted molar refractivity (Wildman–Crippen MR) is 102 cm³/mol. The first-order valence-corrected chi connectivity index (χ1v) is 8.80. The Labute approximate surface area is 152 Å². The quantitative estimate of drug-likeness (QED) is 0.739. The summed E-state index contributed by atoms with van der Waals surface area (Å²) in [5, 5.41) is 19.4. The molecule has 3 rings (SSSR count). The van der Waals surface area contributed by atoms with Crippen molar-refractivity contribution in [3.8, 4) is 0 Å². The molecule has 3 aromatic rings. The van der Waals surface area contributed by atoms with Crippen LogP contribution in [0.3, 0.4) is 0 Å². The summed E-state index contributed by atoms with van der Waals surface area (Å²) in [4.78, 5) is 12.3. The lowest BCUT2D eigenvalue weighted by Gasteiger charge is -2.10. The van der Waals surface area contributed by atoms with E-state index in [1.165, 1.54) is 5.56 Å². The molecule has 2 N–H and O–H groups in total. The zero-order valence-electron chi connectivity index (χ0n) is 15.6. The third-order valence-electron chi connectivity index (χ3n) is 4.49. The minimum Gasteiger partial charge on any atom is -0.338 e. The van der Waals surface area contributed by atoms with Gasteiger partial charge >= 0.3 is 6.03 Å². The molecule has 0 atom stereocenters. The lowest BCUT2D eigenvalue weighted by Crippen LogP contribution is -2.30.